The van der Waals surface area contributed by atoms with Gasteiger partial charge in [-0.05, 0) is 61.9 Å². The van der Waals surface area contributed by atoms with E-state index in [0.29, 0.717) is 30.6 Å². The highest BCUT2D eigenvalue weighted by Gasteiger charge is 2.47. The van der Waals surface area contributed by atoms with Gasteiger partial charge in [0, 0.05) is 12.2 Å². The number of aryl methyl sites for hydroxylation is 1. The van der Waals surface area contributed by atoms with Crippen molar-refractivity contribution in [3.63, 3.8) is 0 Å². The lowest BCUT2D eigenvalue weighted by Crippen LogP contribution is -2.51. The van der Waals surface area contributed by atoms with Crippen LogP contribution >= 0.6 is 0 Å². The topological polar surface area (TPSA) is 75.7 Å². The number of alkyl halides is 1. The molecule has 2 fully saturated rings. The van der Waals surface area contributed by atoms with Gasteiger partial charge >= 0.3 is 0 Å². The van der Waals surface area contributed by atoms with E-state index in [9.17, 15) is 17.6 Å². The van der Waals surface area contributed by atoms with Crippen molar-refractivity contribution in [3.8, 4) is 11.1 Å². The van der Waals surface area contributed by atoms with Crippen LogP contribution in [0.5, 0.6) is 0 Å². The first-order valence-electron chi connectivity index (χ1n) is 11.7. The SMILES string of the molecule is CCS(=O)(=O)N[C@H]1[C@H](F)CN(C(=O)[C@H]2CCCO2)[C@@H]1Cc1cccc(-c2cc(C)cc(F)c2)c1F. The maximum atomic E-state index is 15.6. The Morgan fingerprint density at radius 3 is 2.66 bits per heavy atom. The van der Waals surface area contributed by atoms with Gasteiger partial charge in [-0.25, -0.2) is 26.3 Å². The first kappa shape index (κ1) is 25.7. The van der Waals surface area contributed by atoms with Crippen molar-refractivity contribution < 1.29 is 31.1 Å². The minimum absolute atomic E-state index is 0.121. The molecule has 0 saturated carbocycles. The Kier molecular flexibility index (Phi) is 7.54. The van der Waals surface area contributed by atoms with E-state index in [1.54, 1.807) is 19.1 Å². The third-order valence-corrected chi connectivity index (χ3v) is 8.01. The fraction of sp³-hybridized carbons (Fsp3) is 0.480. The summed E-state index contributed by atoms with van der Waals surface area (Å²) in [5, 5.41) is 0. The summed E-state index contributed by atoms with van der Waals surface area (Å²) in [6.07, 6.45) is -1.32. The van der Waals surface area contributed by atoms with Crippen LogP contribution in [0.2, 0.25) is 0 Å². The molecule has 2 aromatic rings. The Bertz CT molecular complexity index is 1180. The Morgan fingerprint density at radius 1 is 1.23 bits per heavy atom. The number of amides is 1. The summed E-state index contributed by atoms with van der Waals surface area (Å²) in [6.45, 7) is 3.24. The highest BCUT2D eigenvalue weighted by Crippen LogP contribution is 2.32. The molecule has 4 rings (SSSR count). The summed E-state index contributed by atoms with van der Waals surface area (Å²) >= 11 is 0. The van der Waals surface area contributed by atoms with E-state index in [0.717, 1.165) is 0 Å². The number of benzene rings is 2. The molecule has 2 aliphatic rings. The van der Waals surface area contributed by atoms with Crippen LogP contribution in [0.4, 0.5) is 13.2 Å². The molecule has 1 amide bonds. The summed E-state index contributed by atoms with van der Waals surface area (Å²) in [5.41, 5.74) is 1.33. The van der Waals surface area contributed by atoms with E-state index >= 15 is 8.78 Å². The second-order valence-corrected chi connectivity index (χ2v) is 11.2. The van der Waals surface area contributed by atoms with Crippen molar-refractivity contribution in [2.75, 3.05) is 18.9 Å². The second kappa shape index (κ2) is 10.3. The molecule has 2 heterocycles. The maximum Gasteiger partial charge on any atom is 0.252 e. The van der Waals surface area contributed by atoms with Crippen molar-refractivity contribution in [1.29, 1.82) is 0 Å². The molecule has 35 heavy (non-hydrogen) atoms. The summed E-state index contributed by atoms with van der Waals surface area (Å²) in [7, 11) is -3.79. The predicted octanol–water partition coefficient (Wildman–Crippen LogP) is 3.52. The van der Waals surface area contributed by atoms with Crippen molar-refractivity contribution in [3.05, 3.63) is 59.2 Å². The van der Waals surface area contributed by atoms with Gasteiger partial charge in [-0.3, -0.25) is 4.79 Å². The standard InChI is InChI=1S/C25H29F3N2O4S/c1-3-35(32,33)29-24-20(27)14-30(25(31)22-8-5-9-34-22)21(24)13-16-6-4-7-19(23(16)28)17-10-15(2)11-18(26)12-17/h4,6-7,10-12,20-22,24,29H,3,5,8-9,13-14H2,1-2H3/t20-,21-,22-,24+/m1/s1. The Hall–Kier alpha value is -2.43. The number of hydrogen-bond donors (Lipinski definition) is 1. The van der Waals surface area contributed by atoms with Gasteiger partial charge in [0.15, 0.2) is 0 Å². The smallest absolute Gasteiger partial charge is 0.252 e. The van der Waals surface area contributed by atoms with Gasteiger partial charge in [0.05, 0.1) is 24.4 Å². The van der Waals surface area contributed by atoms with Crippen LogP contribution in [0.3, 0.4) is 0 Å². The molecule has 6 nitrogen and oxygen atoms in total. The summed E-state index contributed by atoms with van der Waals surface area (Å²) < 4.78 is 77.2. The Labute approximate surface area is 203 Å². The lowest BCUT2D eigenvalue weighted by atomic mass is 9.95. The van der Waals surface area contributed by atoms with Crippen LogP contribution < -0.4 is 4.72 Å². The number of likely N-dealkylation sites (tertiary alicyclic amines) is 1. The van der Waals surface area contributed by atoms with Crippen LogP contribution in [0.15, 0.2) is 36.4 Å². The van der Waals surface area contributed by atoms with Crippen molar-refractivity contribution >= 4 is 15.9 Å². The molecule has 2 saturated heterocycles. The van der Waals surface area contributed by atoms with Crippen molar-refractivity contribution in [1.82, 2.24) is 9.62 Å². The molecule has 10 heteroatoms. The summed E-state index contributed by atoms with van der Waals surface area (Å²) in [4.78, 5) is 14.4. The molecule has 1 N–H and O–H groups in total. The van der Waals surface area contributed by atoms with Crippen LogP contribution in [-0.4, -0.2) is 62.5 Å². The second-order valence-electron chi connectivity index (χ2n) is 9.12. The van der Waals surface area contributed by atoms with Gasteiger partial charge in [0.2, 0.25) is 10.0 Å². The van der Waals surface area contributed by atoms with E-state index in [-0.39, 0.29) is 29.8 Å². The van der Waals surface area contributed by atoms with Crippen LogP contribution in [-0.2, 0) is 26.0 Å². The minimum Gasteiger partial charge on any atom is -0.368 e. The highest BCUT2D eigenvalue weighted by atomic mass is 32.2. The van der Waals surface area contributed by atoms with Crippen LogP contribution in [0.25, 0.3) is 11.1 Å². The molecular formula is C25H29F3N2O4S. The maximum absolute atomic E-state index is 15.6. The fourth-order valence-electron chi connectivity index (χ4n) is 4.84. The lowest BCUT2D eigenvalue weighted by Gasteiger charge is -2.30. The average molecular weight is 511 g/mol. The number of nitrogens with zero attached hydrogens (tertiary/aromatic N) is 1. The summed E-state index contributed by atoms with van der Waals surface area (Å²) in [6, 6.07) is 6.67. The number of carbonyl (C=O) groups is 1. The third kappa shape index (κ3) is 5.54. The van der Waals surface area contributed by atoms with E-state index < -0.39 is 51.9 Å². The fourth-order valence-corrected chi connectivity index (χ4v) is 5.73. The van der Waals surface area contributed by atoms with E-state index in [1.165, 1.54) is 36.1 Å². The minimum atomic E-state index is -3.79. The number of halogens is 3. The van der Waals surface area contributed by atoms with Gasteiger partial charge in [-0.2, -0.15) is 0 Å². The van der Waals surface area contributed by atoms with E-state index in [2.05, 4.69) is 4.72 Å². The normalized spacial score (nSPS) is 24.8. The van der Waals surface area contributed by atoms with Crippen molar-refractivity contribution in [2.24, 2.45) is 0 Å². The first-order valence-corrected chi connectivity index (χ1v) is 13.4. The lowest BCUT2D eigenvalue weighted by molar-refractivity contribution is -0.142. The molecule has 0 spiro atoms. The van der Waals surface area contributed by atoms with E-state index in [4.69, 9.17) is 4.74 Å². The molecule has 0 aliphatic carbocycles. The molecule has 0 aromatic heterocycles. The monoisotopic (exact) mass is 510 g/mol. The van der Waals surface area contributed by atoms with Crippen molar-refractivity contribution in [2.45, 2.75) is 57.5 Å². The van der Waals surface area contributed by atoms with Crippen LogP contribution in [0, 0.1) is 18.6 Å². The number of rotatable bonds is 7. The van der Waals surface area contributed by atoms with Crippen LogP contribution in [0.1, 0.15) is 30.9 Å². The van der Waals surface area contributed by atoms with Gasteiger partial charge in [0.1, 0.15) is 23.9 Å². The molecule has 0 bridgehead atoms. The zero-order valence-corrected chi connectivity index (χ0v) is 20.5. The zero-order chi connectivity index (χ0) is 25.3. The molecular weight excluding hydrogens is 481 g/mol. The van der Waals surface area contributed by atoms with Gasteiger partial charge < -0.3 is 9.64 Å². The number of carbonyl (C=O) groups excluding carboxylic acids is 1. The Morgan fingerprint density at radius 2 is 2.00 bits per heavy atom. The van der Waals surface area contributed by atoms with Gasteiger partial charge in [-0.1, -0.05) is 24.3 Å². The molecule has 2 aliphatic heterocycles. The third-order valence-electron chi connectivity index (χ3n) is 6.62. The first-order chi connectivity index (χ1) is 16.6. The highest BCUT2D eigenvalue weighted by molar-refractivity contribution is 7.89. The number of hydrogen-bond acceptors (Lipinski definition) is 4. The van der Waals surface area contributed by atoms with Gasteiger partial charge in [-0.15, -0.1) is 0 Å². The zero-order valence-electron chi connectivity index (χ0n) is 19.6. The predicted molar refractivity (Wildman–Crippen MR) is 126 cm³/mol. The summed E-state index contributed by atoms with van der Waals surface area (Å²) in [5.74, 6) is -1.80. The Balaban J connectivity index is 1.70. The number of nitrogens with one attached hydrogen (secondary N) is 1. The number of sulfonamides is 1. The van der Waals surface area contributed by atoms with Gasteiger partial charge in [0.25, 0.3) is 5.91 Å². The van der Waals surface area contributed by atoms with E-state index in [1.807, 2.05) is 0 Å². The molecule has 0 unspecified atom stereocenters. The molecule has 4 atom stereocenters. The molecule has 0 radical (unpaired) electrons. The average Bonchev–Trinajstić information content (AvgIpc) is 3.44. The molecule has 190 valence electrons. The largest absolute Gasteiger partial charge is 0.368 e. The quantitative estimate of drug-likeness (QED) is 0.619. The number of ether oxygens (including phenoxy) is 1. The molecule has 2 aromatic carbocycles.